The fourth-order valence-corrected chi connectivity index (χ4v) is 2.91. The minimum absolute atomic E-state index is 0.556. The maximum atomic E-state index is 4.59. The Hall–Kier alpha value is -2.08. The molecule has 0 aliphatic rings. The SMILES string of the molecule is CCc1cc2c(NC)nc(-c3ncc(C)cn3)nc2s1. The van der Waals surface area contributed by atoms with Gasteiger partial charge in [0, 0.05) is 24.3 Å². The molecule has 5 nitrogen and oxygen atoms in total. The van der Waals surface area contributed by atoms with Gasteiger partial charge in [0.05, 0.1) is 5.39 Å². The van der Waals surface area contributed by atoms with Crippen molar-refractivity contribution in [1.82, 2.24) is 19.9 Å². The fraction of sp³-hybridized carbons (Fsp3) is 0.286. The monoisotopic (exact) mass is 285 g/mol. The van der Waals surface area contributed by atoms with Crippen LogP contribution < -0.4 is 5.32 Å². The molecule has 3 aromatic heterocycles. The first-order valence-electron chi connectivity index (χ1n) is 6.48. The number of aromatic nitrogens is 4. The summed E-state index contributed by atoms with van der Waals surface area (Å²) in [4.78, 5) is 20.0. The first-order valence-corrected chi connectivity index (χ1v) is 7.30. The van der Waals surface area contributed by atoms with Crippen molar-refractivity contribution in [3.05, 3.63) is 28.9 Å². The molecule has 0 aliphatic carbocycles. The van der Waals surface area contributed by atoms with Gasteiger partial charge in [-0.25, -0.2) is 19.9 Å². The maximum absolute atomic E-state index is 4.59. The van der Waals surface area contributed by atoms with Crippen LogP contribution in [0.25, 0.3) is 21.9 Å². The van der Waals surface area contributed by atoms with Crippen LogP contribution in [0.4, 0.5) is 5.82 Å². The Kier molecular flexibility index (Phi) is 3.31. The number of nitrogens with zero attached hydrogens (tertiary/aromatic N) is 4. The van der Waals surface area contributed by atoms with E-state index in [1.165, 1.54) is 4.88 Å². The Balaban J connectivity index is 2.18. The summed E-state index contributed by atoms with van der Waals surface area (Å²) in [5.41, 5.74) is 1.02. The van der Waals surface area contributed by atoms with Crippen LogP contribution >= 0.6 is 11.3 Å². The first-order chi connectivity index (χ1) is 9.71. The van der Waals surface area contributed by atoms with Crippen molar-refractivity contribution in [2.75, 3.05) is 12.4 Å². The van der Waals surface area contributed by atoms with E-state index in [9.17, 15) is 0 Å². The van der Waals surface area contributed by atoms with E-state index >= 15 is 0 Å². The highest BCUT2D eigenvalue weighted by Gasteiger charge is 2.13. The van der Waals surface area contributed by atoms with Gasteiger partial charge >= 0.3 is 0 Å². The van der Waals surface area contributed by atoms with Crippen LogP contribution in [0, 0.1) is 6.92 Å². The zero-order chi connectivity index (χ0) is 14.1. The molecule has 0 atom stereocenters. The predicted molar refractivity (Wildman–Crippen MR) is 82.1 cm³/mol. The highest BCUT2D eigenvalue weighted by molar-refractivity contribution is 7.18. The number of thiophene rings is 1. The third-order valence-electron chi connectivity index (χ3n) is 3.01. The molecule has 0 spiro atoms. The van der Waals surface area contributed by atoms with Crippen LogP contribution in [0.1, 0.15) is 17.4 Å². The molecule has 3 rings (SSSR count). The summed E-state index contributed by atoms with van der Waals surface area (Å²) in [7, 11) is 1.87. The van der Waals surface area contributed by atoms with E-state index < -0.39 is 0 Å². The van der Waals surface area contributed by atoms with Gasteiger partial charge in [0.1, 0.15) is 10.6 Å². The molecule has 0 fully saturated rings. The Morgan fingerprint density at radius 2 is 1.90 bits per heavy atom. The molecule has 20 heavy (non-hydrogen) atoms. The van der Waals surface area contributed by atoms with Crippen LogP contribution in [0.15, 0.2) is 18.5 Å². The number of aryl methyl sites for hydroxylation is 2. The highest BCUT2D eigenvalue weighted by Crippen LogP contribution is 2.30. The van der Waals surface area contributed by atoms with Gasteiger partial charge < -0.3 is 5.32 Å². The van der Waals surface area contributed by atoms with Crippen molar-refractivity contribution < 1.29 is 0 Å². The van der Waals surface area contributed by atoms with Crippen LogP contribution in [-0.2, 0) is 6.42 Å². The van der Waals surface area contributed by atoms with Crippen LogP contribution in [0.2, 0.25) is 0 Å². The Morgan fingerprint density at radius 3 is 2.55 bits per heavy atom. The van der Waals surface area contributed by atoms with E-state index in [0.29, 0.717) is 11.6 Å². The lowest BCUT2D eigenvalue weighted by molar-refractivity contribution is 1.08. The molecule has 0 aliphatic heterocycles. The number of rotatable bonds is 3. The van der Waals surface area contributed by atoms with Crippen molar-refractivity contribution in [1.29, 1.82) is 0 Å². The van der Waals surface area contributed by atoms with Crippen molar-refractivity contribution in [3.8, 4) is 11.6 Å². The summed E-state index contributed by atoms with van der Waals surface area (Å²) in [5.74, 6) is 1.94. The van der Waals surface area contributed by atoms with E-state index in [1.54, 1.807) is 23.7 Å². The Morgan fingerprint density at radius 1 is 1.15 bits per heavy atom. The molecular formula is C14H15N5S. The van der Waals surface area contributed by atoms with E-state index in [4.69, 9.17) is 0 Å². The number of hydrogen-bond acceptors (Lipinski definition) is 6. The second kappa shape index (κ2) is 5.13. The minimum atomic E-state index is 0.556. The molecule has 3 aromatic rings. The number of anilines is 1. The topological polar surface area (TPSA) is 63.6 Å². The molecule has 0 saturated carbocycles. The third-order valence-corrected chi connectivity index (χ3v) is 4.18. The Bertz CT molecular complexity index is 748. The largest absolute Gasteiger partial charge is 0.372 e. The lowest BCUT2D eigenvalue weighted by Crippen LogP contribution is -1.99. The summed E-state index contributed by atoms with van der Waals surface area (Å²) >= 11 is 1.69. The van der Waals surface area contributed by atoms with Crippen LogP contribution in [-0.4, -0.2) is 27.0 Å². The van der Waals surface area contributed by atoms with Crippen LogP contribution in [0.3, 0.4) is 0 Å². The van der Waals surface area contributed by atoms with Gasteiger partial charge in [-0.05, 0) is 25.0 Å². The summed E-state index contributed by atoms with van der Waals surface area (Å²) in [6.07, 6.45) is 4.56. The fourth-order valence-electron chi connectivity index (χ4n) is 1.94. The number of fused-ring (bicyclic) bond motifs is 1. The average molecular weight is 285 g/mol. The molecule has 0 bridgehead atoms. The molecule has 0 saturated heterocycles. The zero-order valence-electron chi connectivity index (χ0n) is 11.6. The molecule has 0 radical (unpaired) electrons. The van der Waals surface area contributed by atoms with E-state index in [-0.39, 0.29) is 0 Å². The standard InChI is InChI=1S/C14H15N5S/c1-4-9-5-10-11(15-3)18-13(19-14(10)20-9)12-16-6-8(2)7-17-12/h5-7H,4H2,1-3H3,(H,15,18,19). The second-order valence-corrected chi connectivity index (χ2v) is 5.63. The van der Waals surface area contributed by atoms with Gasteiger partial charge in [-0.1, -0.05) is 6.92 Å². The first kappa shape index (κ1) is 12.9. The molecule has 102 valence electrons. The van der Waals surface area contributed by atoms with Crippen molar-refractivity contribution >= 4 is 27.4 Å². The summed E-state index contributed by atoms with van der Waals surface area (Å²) in [6.45, 7) is 4.10. The molecule has 1 N–H and O–H groups in total. The van der Waals surface area contributed by atoms with Gasteiger partial charge in [0.25, 0.3) is 0 Å². The molecule has 0 unspecified atom stereocenters. The maximum Gasteiger partial charge on any atom is 0.201 e. The smallest absolute Gasteiger partial charge is 0.201 e. The minimum Gasteiger partial charge on any atom is -0.372 e. The van der Waals surface area contributed by atoms with Crippen LogP contribution in [0.5, 0.6) is 0 Å². The highest BCUT2D eigenvalue weighted by atomic mass is 32.1. The quantitative estimate of drug-likeness (QED) is 0.801. The molecular weight excluding hydrogens is 270 g/mol. The van der Waals surface area contributed by atoms with Crippen molar-refractivity contribution in [2.24, 2.45) is 0 Å². The van der Waals surface area contributed by atoms with Crippen molar-refractivity contribution in [2.45, 2.75) is 20.3 Å². The van der Waals surface area contributed by atoms with Gasteiger partial charge in [-0.2, -0.15) is 0 Å². The summed E-state index contributed by atoms with van der Waals surface area (Å²) < 4.78 is 0. The van der Waals surface area contributed by atoms with Gasteiger partial charge in [0.2, 0.25) is 5.82 Å². The van der Waals surface area contributed by atoms with Gasteiger partial charge in [-0.15, -0.1) is 11.3 Å². The summed E-state index contributed by atoms with van der Waals surface area (Å²) in [6, 6.07) is 2.14. The van der Waals surface area contributed by atoms with E-state index in [1.807, 2.05) is 14.0 Å². The van der Waals surface area contributed by atoms with E-state index in [2.05, 4.69) is 38.2 Å². The predicted octanol–water partition coefficient (Wildman–Crippen LogP) is 3.06. The zero-order valence-corrected chi connectivity index (χ0v) is 12.5. The van der Waals surface area contributed by atoms with E-state index in [0.717, 1.165) is 28.0 Å². The number of nitrogens with one attached hydrogen (secondary N) is 1. The van der Waals surface area contributed by atoms with Gasteiger partial charge in [-0.3, -0.25) is 0 Å². The average Bonchev–Trinajstić information content (AvgIpc) is 2.90. The molecule has 0 aromatic carbocycles. The lowest BCUT2D eigenvalue weighted by Gasteiger charge is -2.04. The second-order valence-electron chi connectivity index (χ2n) is 4.51. The molecule has 0 amide bonds. The summed E-state index contributed by atoms with van der Waals surface area (Å²) in [5, 5.41) is 4.19. The molecule has 3 heterocycles. The molecule has 6 heteroatoms. The Labute approximate surface area is 121 Å². The normalized spacial score (nSPS) is 10.9. The van der Waals surface area contributed by atoms with Gasteiger partial charge in [0.15, 0.2) is 5.82 Å². The third kappa shape index (κ3) is 2.22. The number of hydrogen-bond donors (Lipinski definition) is 1. The lowest BCUT2D eigenvalue weighted by atomic mass is 10.3. The van der Waals surface area contributed by atoms with Crippen molar-refractivity contribution in [3.63, 3.8) is 0 Å².